The fourth-order valence-corrected chi connectivity index (χ4v) is 4.48. The van der Waals surface area contributed by atoms with Crippen LogP contribution in [-0.4, -0.2) is 39.8 Å². The van der Waals surface area contributed by atoms with Crippen molar-refractivity contribution < 1.29 is 0 Å². The molecule has 5 heteroatoms. The molecule has 0 spiro atoms. The number of benzene rings is 2. The molecule has 0 N–H and O–H groups in total. The topological polar surface area (TPSA) is 38.1 Å². The van der Waals surface area contributed by atoms with E-state index in [0.29, 0.717) is 5.39 Å². The summed E-state index contributed by atoms with van der Waals surface area (Å²) in [5.74, 6) is 0.942. The largest absolute Gasteiger partial charge is 0.303 e. The van der Waals surface area contributed by atoms with Gasteiger partial charge in [0.15, 0.2) is 5.16 Å². The minimum atomic E-state index is 0.00210. The minimum Gasteiger partial charge on any atom is -0.303 e. The third kappa shape index (κ3) is 3.69. The highest BCUT2D eigenvalue weighted by atomic mass is 32.2. The highest BCUT2D eigenvalue weighted by Gasteiger charge is 2.14. The fraction of sp³-hybridized carbons (Fsp3) is 0.333. The lowest BCUT2D eigenvalue weighted by atomic mass is 10.1. The number of para-hydroxylation sites is 2. The molecule has 1 fully saturated rings. The third-order valence-corrected chi connectivity index (χ3v) is 5.77. The van der Waals surface area contributed by atoms with Gasteiger partial charge in [-0.15, -0.1) is 0 Å². The number of piperidine rings is 1. The van der Waals surface area contributed by atoms with Crippen LogP contribution in [0.1, 0.15) is 19.3 Å². The van der Waals surface area contributed by atoms with Crippen molar-refractivity contribution in [3.63, 3.8) is 0 Å². The Balaban J connectivity index is 1.66. The predicted octanol–water partition coefficient (Wildman–Crippen LogP) is 3.96. The maximum atomic E-state index is 13.1. The van der Waals surface area contributed by atoms with Gasteiger partial charge in [0.25, 0.3) is 5.56 Å². The van der Waals surface area contributed by atoms with Crippen molar-refractivity contribution in [2.45, 2.75) is 24.4 Å². The zero-order chi connectivity index (χ0) is 17.8. The van der Waals surface area contributed by atoms with Crippen molar-refractivity contribution in [2.75, 3.05) is 25.4 Å². The van der Waals surface area contributed by atoms with E-state index < -0.39 is 0 Å². The second kappa shape index (κ2) is 8.06. The summed E-state index contributed by atoms with van der Waals surface area (Å²) in [6.45, 7) is 3.43. The van der Waals surface area contributed by atoms with Gasteiger partial charge < -0.3 is 4.90 Å². The van der Waals surface area contributed by atoms with Crippen LogP contribution in [-0.2, 0) is 0 Å². The van der Waals surface area contributed by atoms with Crippen LogP contribution in [0.2, 0.25) is 0 Å². The molecule has 0 amide bonds. The Morgan fingerprint density at radius 2 is 1.65 bits per heavy atom. The van der Waals surface area contributed by atoms with Gasteiger partial charge in [0.1, 0.15) is 0 Å². The number of hydrogen-bond donors (Lipinski definition) is 0. The molecule has 0 aliphatic carbocycles. The van der Waals surface area contributed by atoms with E-state index in [9.17, 15) is 4.79 Å². The van der Waals surface area contributed by atoms with Gasteiger partial charge in [-0.3, -0.25) is 9.36 Å². The maximum absolute atomic E-state index is 13.1. The Hall–Kier alpha value is -2.11. The van der Waals surface area contributed by atoms with Crippen LogP contribution < -0.4 is 5.56 Å². The number of fused-ring (bicyclic) bond motifs is 1. The summed E-state index contributed by atoms with van der Waals surface area (Å²) >= 11 is 1.67. The Kier molecular flexibility index (Phi) is 5.37. The van der Waals surface area contributed by atoms with E-state index in [0.717, 1.165) is 28.7 Å². The van der Waals surface area contributed by atoms with Crippen LogP contribution in [0.4, 0.5) is 0 Å². The Bertz CT molecular complexity index is 933. The van der Waals surface area contributed by atoms with Gasteiger partial charge in [0.2, 0.25) is 0 Å². The lowest BCUT2D eigenvalue weighted by Gasteiger charge is -2.26. The van der Waals surface area contributed by atoms with Crippen LogP contribution in [0.25, 0.3) is 16.6 Å². The van der Waals surface area contributed by atoms with Gasteiger partial charge in [0.05, 0.1) is 16.6 Å². The molecule has 26 heavy (non-hydrogen) atoms. The summed E-state index contributed by atoms with van der Waals surface area (Å²) < 4.78 is 1.75. The van der Waals surface area contributed by atoms with Crippen molar-refractivity contribution in [1.29, 1.82) is 0 Å². The first-order valence-corrected chi connectivity index (χ1v) is 10.2. The van der Waals surface area contributed by atoms with E-state index in [1.807, 2.05) is 54.6 Å². The SMILES string of the molecule is O=c1c2ccccc2nc(SCCN2CCCCC2)n1-c1ccccc1. The zero-order valence-corrected chi connectivity index (χ0v) is 15.6. The minimum absolute atomic E-state index is 0.00210. The molecule has 1 aromatic heterocycles. The van der Waals surface area contributed by atoms with Crippen molar-refractivity contribution in [3.8, 4) is 5.69 Å². The molecule has 4 nitrogen and oxygen atoms in total. The van der Waals surface area contributed by atoms with Crippen molar-refractivity contribution in [1.82, 2.24) is 14.5 Å². The van der Waals surface area contributed by atoms with E-state index in [-0.39, 0.29) is 5.56 Å². The van der Waals surface area contributed by atoms with Gasteiger partial charge in [0, 0.05) is 12.3 Å². The second-order valence-electron chi connectivity index (χ2n) is 6.64. The Morgan fingerprint density at radius 1 is 0.923 bits per heavy atom. The third-order valence-electron chi connectivity index (χ3n) is 4.85. The highest BCUT2D eigenvalue weighted by molar-refractivity contribution is 7.99. The second-order valence-corrected chi connectivity index (χ2v) is 7.70. The van der Waals surface area contributed by atoms with Crippen LogP contribution in [0.15, 0.2) is 64.5 Å². The number of hydrogen-bond acceptors (Lipinski definition) is 4. The first-order chi connectivity index (χ1) is 12.8. The summed E-state index contributed by atoms with van der Waals surface area (Å²) in [6.07, 6.45) is 3.95. The lowest BCUT2D eigenvalue weighted by molar-refractivity contribution is 0.242. The number of nitrogens with zero attached hydrogens (tertiary/aromatic N) is 3. The van der Waals surface area contributed by atoms with Gasteiger partial charge in [-0.05, 0) is 50.2 Å². The molecule has 0 atom stereocenters. The normalized spacial score (nSPS) is 15.4. The lowest BCUT2D eigenvalue weighted by Crippen LogP contribution is -2.31. The molecule has 1 saturated heterocycles. The summed E-state index contributed by atoms with van der Waals surface area (Å²) in [5, 5.41) is 1.44. The predicted molar refractivity (Wildman–Crippen MR) is 108 cm³/mol. The van der Waals surface area contributed by atoms with Crippen LogP contribution >= 0.6 is 11.8 Å². The molecule has 1 aliphatic heterocycles. The molecular weight excluding hydrogens is 342 g/mol. The maximum Gasteiger partial charge on any atom is 0.266 e. The van der Waals surface area contributed by atoms with Crippen molar-refractivity contribution >= 4 is 22.7 Å². The van der Waals surface area contributed by atoms with E-state index in [1.165, 1.54) is 32.4 Å². The smallest absolute Gasteiger partial charge is 0.266 e. The monoisotopic (exact) mass is 365 g/mol. The summed E-state index contributed by atoms with van der Waals surface area (Å²) in [4.78, 5) is 20.4. The summed E-state index contributed by atoms with van der Waals surface area (Å²) in [6, 6.07) is 17.4. The van der Waals surface area contributed by atoms with E-state index in [4.69, 9.17) is 4.98 Å². The molecule has 134 valence electrons. The molecule has 0 saturated carbocycles. The number of likely N-dealkylation sites (tertiary alicyclic amines) is 1. The quantitative estimate of drug-likeness (QED) is 0.507. The van der Waals surface area contributed by atoms with E-state index in [1.54, 1.807) is 16.3 Å². The van der Waals surface area contributed by atoms with Gasteiger partial charge in [-0.1, -0.05) is 48.5 Å². The highest BCUT2D eigenvalue weighted by Crippen LogP contribution is 2.21. The van der Waals surface area contributed by atoms with Crippen molar-refractivity contribution in [2.24, 2.45) is 0 Å². The molecule has 0 radical (unpaired) electrons. The summed E-state index contributed by atoms with van der Waals surface area (Å²) in [5.41, 5.74) is 1.64. The standard InChI is InChI=1S/C21H23N3OS/c25-20-18-11-5-6-12-19(18)22-21(24(20)17-9-3-1-4-10-17)26-16-15-23-13-7-2-8-14-23/h1,3-6,9-12H,2,7-8,13-16H2. The molecule has 3 aromatic rings. The zero-order valence-electron chi connectivity index (χ0n) is 14.8. The molecule has 2 aromatic carbocycles. The molecule has 1 aliphatic rings. The van der Waals surface area contributed by atoms with Crippen molar-refractivity contribution in [3.05, 3.63) is 65.0 Å². The Labute approximate surface area is 157 Å². The van der Waals surface area contributed by atoms with Gasteiger partial charge in [-0.2, -0.15) is 0 Å². The number of aromatic nitrogens is 2. The number of rotatable bonds is 5. The van der Waals surface area contributed by atoms with Gasteiger partial charge >= 0.3 is 0 Å². The number of thioether (sulfide) groups is 1. The molecule has 0 unspecified atom stereocenters. The van der Waals surface area contributed by atoms with Crippen LogP contribution in [0, 0.1) is 0 Å². The van der Waals surface area contributed by atoms with E-state index in [2.05, 4.69) is 4.90 Å². The average Bonchev–Trinajstić information content (AvgIpc) is 2.70. The molecule has 0 bridgehead atoms. The first kappa shape index (κ1) is 17.3. The molecular formula is C21H23N3OS. The van der Waals surface area contributed by atoms with Crippen LogP contribution in [0.3, 0.4) is 0 Å². The first-order valence-electron chi connectivity index (χ1n) is 9.25. The fourth-order valence-electron chi connectivity index (χ4n) is 3.46. The molecule has 4 rings (SSSR count). The van der Waals surface area contributed by atoms with Gasteiger partial charge in [-0.25, -0.2) is 4.98 Å². The average molecular weight is 366 g/mol. The summed E-state index contributed by atoms with van der Waals surface area (Å²) in [7, 11) is 0. The van der Waals surface area contributed by atoms with E-state index >= 15 is 0 Å². The van der Waals surface area contributed by atoms with Crippen LogP contribution in [0.5, 0.6) is 0 Å². The Morgan fingerprint density at radius 3 is 2.46 bits per heavy atom. The molecule has 2 heterocycles.